The van der Waals surface area contributed by atoms with Gasteiger partial charge in [-0.2, -0.15) is 0 Å². The van der Waals surface area contributed by atoms with E-state index >= 15 is 0 Å². The summed E-state index contributed by atoms with van der Waals surface area (Å²) in [5.74, 6) is 1.02. The summed E-state index contributed by atoms with van der Waals surface area (Å²) in [5, 5.41) is 0. The zero-order chi connectivity index (χ0) is 14.8. The molecule has 0 radical (unpaired) electrons. The average molecular weight is 289 g/mol. The summed E-state index contributed by atoms with van der Waals surface area (Å²) in [5.41, 5.74) is 3.08. The number of morpholine rings is 1. The van der Waals surface area contributed by atoms with Crippen molar-refractivity contribution in [3.63, 3.8) is 0 Å². The molecule has 0 amide bonds. The normalized spacial score (nSPS) is 23.3. The fourth-order valence-corrected chi connectivity index (χ4v) is 3.03. The molecule has 0 aromatic heterocycles. The summed E-state index contributed by atoms with van der Waals surface area (Å²) in [6, 6.07) is 3.99. The van der Waals surface area contributed by atoms with Gasteiger partial charge in [0.25, 0.3) is 0 Å². The van der Waals surface area contributed by atoms with Crippen LogP contribution in [0.4, 0.5) is 0 Å². The molecule has 0 saturated carbocycles. The fourth-order valence-electron chi connectivity index (χ4n) is 3.03. The number of carbonyl (C=O) groups excluding carboxylic acids is 1. The standard InChI is InChI=1S/C17H23NO3/c1-12-9-15-16(10-13(12)2)21-6-3-14(17(15)19)11-18-4-7-20-8-5-18/h9-10,14H,3-8,11H2,1-2H3. The van der Waals surface area contributed by atoms with Crippen LogP contribution in [0.25, 0.3) is 0 Å². The number of carbonyl (C=O) groups is 1. The number of aryl methyl sites for hydroxylation is 2. The number of hydrogen-bond donors (Lipinski definition) is 0. The molecule has 0 aliphatic carbocycles. The largest absolute Gasteiger partial charge is 0.493 e. The Balaban J connectivity index is 1.80. The number of fused-ring (bicyclic) bond motifs is 1. The molecule has 2 aliphatic rings. The first-order valence-electron chi connectivity index (χ1n) is 7.73. The molecule has 1 aromatic carbocycles. The molecule has 3 rings (SSSR count). The maximum atomic E-state index is 12.8. The van der Waals surface area contributed by atoms with Gasteiger partial charge in [0.05, 0.1) is 25.4 Å². The van der Waals surface area contributed by atoms with Crippen LogP contribution in [-0.2, 0) is 4.74 Å². The first-order chi connectivity index (χ1) is 10.1. The Labute approximate surface area is 126 Å². The minimum Gasteiger partial charge on any atom is -0.493 e. The van der Waals surface area contributed by atoms with Crippen LogP contribution in [0.3, 0.4) is 0 Å². The van der Waals surface area contributed by atoms with E-state index in [0.717, 1.165) is 56.1 Å². The Kier molecular flexibility index (Phi) is 4.27. The fraction of sp³-hybridized carbons (Fsp3) is 0.588. The van der Waals surface area contributed by atoms with Gasteiger partial charge < -0.3 is 9.47 Å². The van der Waals surface area contributed by atoms with E-state index in [1.807, 2.05) is 19.1 Å². The average Bonchev–Trinajstić information content (AvgIpc) is 2.62. The van der Waals surface area contributed by atoms with Gasteiger partial charge in [0.2, 0.25) is 0 Å². The molecule has 1 aromatic rings. The van der Waals surface area contributed by atoms with Crippen molar-refractivity contribution in [1.29, 1.82) is 0 Å². The van der Waals surface area contributed by atoms with Gasteiger partial charge in [-0.15, -0.1) is 0 Å². The predicted molar refractivity (Wildman–Crippen MR) is 81.1 cm³/mol. The lowest BCUT2D eigenvalue weighted by atomic mass is 9.92. The summed E-state index contributed by atoms with van der Waals surface area (Å²) in [6.45, 7) is 8.92. The van der Waals surface area contributed by atoms with E-state index in [9.17, 15) is 4.79 Å². The van der Waals surface area contributed by atoms with E-state index in [0.29, 0.717) is 6.61 Å². The Morgan fingerprint density at radius 2 is 1.86 bits per heavy atom. The maximum absolute atomic E-state index is 12.8. The van der Waals surface area contributed by atoms with E-state index < -0.39 is 0 Å². The topological polar surface area (TPSA) is 38.8 Å². The van der Waals surface area contributed by atoms with Crippen molar-refractivity contribution < 1.29 is 14.3 Å². The van der Waals surface area contributed by atoms with Gasteiger partial charge in [0.15, 0.2) is 5.78 Å². The highest BCUT2D eigenvalue weighted by Crippen LogP contribution is 2.30. The number of ketones is 1. The van der Waals surface area contributed by atoms with Crippen molar-refractivity contribution in [2.24, 2.45) is 5.92 Å². The Morgan fingerprint density at radius 1 is 1.14 bits per heavy atom. The van der Waals surface area contributed by atoms with Gasteiger partial charge in [-0.25, -0.2) is 0 Å². The summed E-state index contributed by atoms with van der Waals surface area (Å²) >= 11 is 0. The van der Waals surface area contributed by atoms with Crippen molar-refractivity contribution in [2.45, 2.75) is 20.3 Å². The molecule has 114 valence electrons. The Bertz CT molecular complexity index is 535. The van der Waals surface area contributed by atoms with Crippen LogP contribution in [-0.4, -0.2) is 50.1 Å². The van der Waals surface area contributed by atoms with Crippen molar-refractivity contribution >= 4 is 5.78 Å². The molecule has 0 spiro atoms. The second-order valence-electron chi connectivity index (χ2n) is 6.04. The van der Waals surface area contributed by atoms with E-state index in [1.54, 1.807) is 0 Å². The Morgan fingerprint density at radius 3 is 2.62 bits per heavy atom. The molecule has 0 bridgehead atoms. The third-order valence-electron chi connectivity index (χ3n) is 4.54. The summed E-state index contributed by atoms with van der Waals surface area (Å²) in [7, 11) is 0. The molecular weight excluding hydrogens is 266 g/mol. The molecule has 2 aliphatic heterocycles. The van der Waals surface area contributed by atoms with E-state index in [2.05, 4.69) is 11.8 Å². The lowest BCUT2D eigenvalue weighted by molar-refractivity contribution is 0.0291. The summed E-state index contributed by atoms with van der Waals surface area (Å²) in [6.07, 6.45) is 0.795. The van der Waals surface area contributed by atoms with Gasteiger partial charge in [-0.05, 0) is 43.5 Å². The summed E-state index contributed by atoms with van der Waals surface area (Å²) < 4.78 is 11.2. The number of nitrogens with zero attached hydrogens (tertiary/aromatic N) is 1. The van der Waals surface area contributed by atoms with Gasteiger partial charge in [0, 0.05) is 25.6 Å². The number of rotatable bonds is 2. The number of benzene rings is 1. The lowest BCUT2D eigenvalue weighted by Crippen LogP contribution is -2.41. The highest BCUT2D eigenvalue weighted by atomic mass is 16.5. The molecule has 4 nitrogen and oxygen atoms in total. The maximum Gasteiger partial charge on any atom is 0.171 e. The van der Waals surface area contributed by atoms with Crippen molar-refractivity contribution in [3.05, 3.63) is 28.8 Å². The van der Waals surface area contributed by atoms with Gasteiger partial charge >= 0.3 is 0 Å². The predicted octanol–water partition coefficient (Wildman–Crippen LogP) is 2.22. The van der Waals surface area contributed by atoms with Gasteiger partial charge in [0.1, 0.15) is 5.75 Å². The van der Waals surface area contributed by atoms with Crippen molar-refractivity contribution in [3.8, 4) is 5.75 Å². The third kappa shape index (κ3) is 3.11. The first kappa shape index (κ1) is 14.5. The van der Waals surface area contributed by atoms with Crippen LogP contribution in [0.2, 0.25) is 0 Å². The molecule has 4 heteroatoms. The first-order valence-corrected chi connectivity index (χ1v) is 7.73. The molecule has 21 heavy (non-hydrogen) atoms. The smallest absolute Gasteiger partial charge is 0.171 e. The number of ether oxygens (including phenoxy) is 2. The van der Waals surface area contributed by atoms with E-state index in [1.165, 1.54) is 5.56 Å². The van der Waals surface area contributed by atoms with Crippen molar-refractivity contribution in [2.75, 3.05) is 39.5 Å². The van der Waals surface area contributed by atoms with Gasteiger partial charge in [-0.1, -0.05) is 0 Å². The molecule has 1 saturated heterocycles. The second kappa shape index (κ2) is 6.16. The highest BCUT2D eigenvalue weighted by molar-refractivity contribution is 6.01. The second-order valence-corrected chi connectivity index (χ2v) is 6.04. The van der Waals surface area contributed by atoms with Crippen LogP contribution >= 0.6 is 0 Å². The monoisotopic (exact) mass is 289 g/mol. The van der Waals surface area contributed by atoms with E-state index in [-0.39, 0.29) is 11.7 Å². The summed E-state index contributed by atoms with van der Waals surface area (Å²) in [4.78, 5) is 15.2. The SMILES string of the molecule is Cc1cc2c(cc1C)C(=O)C(CN1CCOCC1)CCO2. The number of Topliss-reactive ketones (excluding diaryl/α,β-unsaturated/α-hetero) is 1. The van der Waals surface area contributed by atoms with Crippen LogP contribution in [0.1, 0.15) is 27.9 Å². The molecule has 1 unspecified atom stereocenters. The highest BCUT2D eigenvalue weighted by Gasteiger charge is 2.29. The minimum atomic E-state index is 0.0338. The molecule has 0 N–H and O–H groups in total. The van der Waals surface area contributed by atoms with Crippen LogP contribution < -0.4 is 4.74 Å². The van der Waals surface area contributed by atoms with Crippen LogP contribution in [0.5, 0.6) is 5.75 Å². The Hall–Kier alpha value is -1.39. The quantitative estimate of drug-likeness (QED) is 0.837. The third-order valence-corrected chi connectivity index (χ3v) is 4.54. The molecule has 1 atom stereocenters. The zero-order valence-corrected chi connectivity index (χ0v) is 12.9. The van der Waals surface area contributed by atoms with E-state index in [4.69, 9.17) is 9.47 Å². The van der Waals surface area contributed by atoms with Crippen LogP contribution in [0.15, 0.2) is 12.1 Å². The number of hydrogen-bond acceptors (Lipinski definition) is 4. The van der Waals surface area contributed by atoms with Crippen molar-refractivity contribution in [1.82, 2.24) is 4.90 Å². The van der Waals surface area contributed by atoms with Gasteiger partial charge in [-0.3, -0.25) is 9.69 Å². The minimum absolute atomic E-state index is 0.0338. The molecule has 2 heterocycles. The lowest BCUT2D eigenvalue weighted by Gasteiger charge is -2.29. The zero-order valence-electron chi connectivity index (χ0n) is 12.9. The molecular formula is C17H23NO3. The van der Waals surface area contributed by atoms with Crippen LogP contribution in [0, 0.1) is 19.8 Å². The molecule has 1 fully saturated rings.